The number of nitrogens with zero attached hydrogens (tertiary/aromatic N) is 2. The molecule has 1 aliphatic rings. The fourth-order valence-corrected chi connectivity index (χ4v) is 1.41. The summed E-state index contributed by atoms with van der Waals surface area (Å²) < 4.78 is 0. The first kappa shape index (κ1) is 9.48. The van der Waals surface area contributed by atoms with Gasteiger partial charge in [0.15, 0.2) is 0 Å². The smallest absolute Gasteiger partial charge is 0.298 e. The lowest BCUT2D eigenvalue weighted by Crippen LogP contribution is -2.53. The minimum Gasteiger partial charge on any atom is -0.298 e. The number of hydrogen-bond acceptors (Lipinski definition) is 3. The maximum absolute atomic E-state index is 10.00. The third-order valence-corrected chi connectivity index (χ3v) is 2.25. The average molecular weight is 170 g/mol. The average Bonchev–Trinajstić information content (AvgIpc) is 2.06. The zero-order valence-corrected chi connectivity index (χ0v) is 7.71. The molecule has 1 radical (unpaired) electrons. The molecule has 69 valence electrons. The van der Waals surface area contributed by atoms with E-state index < -0.39 is 0 Å². The van der Waals surface area contributed by atoms with Gasteiger partial charge in [-0.3, -0.25) is 15.1 Å². The standard InChI is InChI=1S/C8H16N3O/c1-8(2)10-3-5-11(6-4-10)9-7-12/h8H,3-6H2,1-2H3,(H,9,12). The lowest BCUT2D eigenvalue weighted by molar-refractivity contribution is 0.0904. The van der Waals surface area contributed by atoms with Crippen LogP contribution in [0.5, 0.6) is 0 Å². The maximum atomic E-state index is 10.00. The molecule has 1 amide bonds. The third kappa shape index (κ3) is 2.46. The highest BCUT2D eigenvalue weighted by Gasteiger charge is 2.17. The summed E-state index contributed by atoms with van der Waals surface area (Å²) in [5.41, 5.74) is 2.55. The topological polar surface area (TPSA) is 35.6 Å². The van der Waals surface area contributed by atoms with Crippen molar-refractivity contribution in [3.8, 4) is 0 Å². The van der Waals surface area contributed by atoms with Crippen LogP contribution in [-0.2, 0) is 4.79 Å². The molecule has 0 aromatic heterocycles. The largest absolute Gasteiger partial charge is 0.324 e. The maximum Gasteiger partial charge on any atom is 0.324 e. The van der Waals surface area contributed by atoms with E-state index in [0.29, 0.717) is 6.04 Å². The first-order valence-electron chi connectivity index (χ1n) is 4.36. The van der Waals surface area contributed by atoms with Crippen LogP contribution < -0.4 is 5.43 Å². The van der Waals surface area contributed by atoms with E-state index >= 15 is 0 Å². The Hall–Kier alpha value is -0.610. The van der Waals surface area contributed by atoms with Gasteiger partial charge in [0.2, 0.25) is 0 Å². The van der Waals surface area contributed by atoms with Crippen molar-refractivity contribution in [2.24, 2.45) is 0 Å². The van der Waals surface area contributed by atoms with Gasteiger partial charge in [-0.2, -0.15) is 0 Å². The van der Waals surface area contributed by atoms with Crippen LogP contribution in [0.25, 0.3) is 0 Å². The second kappa shape index (κ2) is 4.42. The van der Waals surface area contributed by atoms with Crippen molar-refractivity contribution in [1.29, 1.82) is 0 Å². The fraction of sp³-hybridized carbons (Fsp3) is 0.875. The highest BCUT2D eigenvalue weighted by Crippen LogP contribution is 2.02. The molecule has 0 spiro atoms. The van der Waals surface area contributed by atoms with E-state index in [9.17, 15) is 4.79 Å². The lowest BCUT2D eigenvalue weighted by atomic mass is 10.2. The molecule has 0 bridgehead atoms. The van der Waals surface area contributed by atoms with Gasteiger partial charge in [0.25, 0.3) is 0 Å². The van der Waals surface area contributed by atoms with Crippen molar-refractivity contribution in [1.82, 2.24) is 15.3 Å². The highest BCUT2D eigenvalue weighted by molar-refractivity contribution is 5.46. The van der Waals surface area contributed by atoms with Gasteiger partial charge in [0.05, 0.1) is 0 Å². The Kier molecular flexibility index (Phi) is 3.49. The number of hydrogen-bond donors (Lipinski definition) is 1. The summed E-state index contributed by atoms with van der Waals surface area (Å²) in [5.74, 6) is 0. The van der Waals surface area contributed by atoms with Crippen molar-refractivity contribution in [3.63, 3.8) is 0 Å². The summed E-state index contributed by atoms with van der Waals surface area (Å²) in [5, 5.41) is 1.89. The molecule has 1 N–H and O–H groups in total. The van der Waals surface area contributed by atoms with Crippen LogP contribution in [0.1, 0.15) is 13.8 Å². The first-order valence-corrected chi connectivity index (χ1v) is 4.36. The molecule has 1 rings (SSSR count). The van der Waals surface area contributed by atoms with Gasteiger partial charge in [-0.15, -0.1) is 0 Å². The van der Waals surface area contributed by atoms with Crippen LogP contribution in [0.4, 0.5) is 0 Å². The number of amides is 1. The molecule has 0 saturated carbocycles. The normalized spacial score (nSPS) is 21.2. The van der Waals surface area contributed by atoms with E-state index in [1.807, 2.05) is 5.01 Å². The number of rotatable bonds is 3. The number of carbonyl (C=O) groups excluding carboxylic acids is 1. The Bertz CT molecular complexity index is 141. The molecule has 1 heterocycles. The third-order valence-electron chi connectivity index (χ3n) is 2.25. The Labute approximate surface area is 73.5 Å². The minimum atomic E-state index is 0.604. The summed E-state index contributed by atoms with van der Waals surface area (Å²) in [6.45, 7) is 8.21. The van der Waals surface area contributed by atoms with Crippen LogP contribution in [-0.4, -0.2) is 48.5 Å². The molecule has 0 aliphatic carbocycles. The minimum absolute atomic E-state index is 0.604. The molecular formula is C8H16N3O. The summed E-state index contributed by atoms with van der Waals surface area (Å²) in [7, 11) is 0. The lowest BCUT2D eigenvalue weighted by Gasteiger charge is -2.35. The molecule has 12 heavy (non-hydrogen) atoms. The zero-order valence-electron chi connectivity index (χ0n) is 7.71. The van der Waals surface area contributed by atoms with Crippen LogP contribution >= 0.6 is 0 Å². The predicted octanol–water partition coefficient (Wildman–Crippen LogP) is -0.416. The Balaban J connectivity index is 2.24. The van der Waals surface area contributed by atoms with Crippen molar-refractivity contribution in [3.05, 3.63) is 0 Å². The number of nitrogens with one attached hydrogen (secondary N) is 1. The second-order valence-electron chi connectivity index (χ2n) is 3.33. The van der Waals surface area contributed by atoms with Gasteiger partial charge in [-0.05, 0) is 13.8 Å². The van der Waals surface area contributed by atoms with Gasteiger partial charge >= 0.3 is 6.41 Å². The van der Waals surface area contributed by atoms with E-state index in [-0.39, 0.29) is 0 Å². The second-order valence-corrected chi connectivity index (χ2v) is 3.33. The molecule has 1 aliphatic heterocycles. The van der Waals surface area contributed by atoms with Crippen LogP contribution in [0.2, 0.25) is 0 Å². The van der Waals surface area contributed by atoms with E-state index in [2.05, 4.69) is 24.2 Å². The van der Waals surface area contributed by atoms with E-state index in [1.165, 1.54) is 0 Å². The summed E-state index contributed by atoms with van der Waals surface area (Å²) >= 11 is 0. The molecule has 4 heteroatoms. The van der Waals surface area contributed by atoms with Gasteiger partial charge in [-0.25, -0.2) is 5.01 Å². The van der Waals surface area contributed by atoms with Crippen molar-refractivity contribution in [2.45, 2.75) is 19.9 Å². The summed E-state index contributed by atoms with van der Waals surface area (Å²) in [6.07, 6.45) is 1.69. The molecule has 1 fully saturated rings. The Morgan fingerprint density at radius 2 is 1.83 bits per heavy atom. The number of hydrazine groups is 1. The summed E-state index contributed by atoms with van der Waals surface area (Å²) in [4.78, 5) is 12.4. The van der Waals surface area contributed by atoms with Gasteiger partial charge in [0, 0.05) is 32.2 Å². The number of piperazine rings is 1. The molecule has 0 aromatic rings. The van der Waals surface area contributed by atoms with Gasteiger partial charge < -0.3 is 0 Å². The monoisotopic (exact) mass is 170 g/mol. The zero-order chi connectivity index (χ0) is 8.97. The molecule has 1 saturated heterocycles. The Morgan fingerprint density at radius 3 is 2.25 bits per heavy atom. The van der Waals surface area contributed by atoms with Crippen LogP contribution in [0.3, 0.4) is 0 Å². The quantitative estimate of drug-likeness (QED) is 0.585. The van der Waals surface area contributed by atoms with Crippen molar-refractivity contribution < 1.29 is 4.79 Å². The van der Waals surface area contributed by atoms with E-state index in [1.54, 1.807) is 6.41 Å². The highest BCUT2D eigenvalue weighted by atomic mass is 16.1. The Morgan fingerprint density at radius 1 is 1.25 bits per heavy atom. The van der Waals surface area contributed by atoms with Crippen LogP contribution in [0.15, 0.2) is 0 Å². The van der Waals surface area contributed by atoms with Gasteiger partial charge in [0.1, 0.15) is 0 Å². The van der Waals surface area contributed by atoms with Gasteiger partial charge in [-0.1, -0.05) is 0 Å². The SMILES string of the molecule is CC(C)N1CCN(N[C]=O)CC1. The van der Waals surface area contributed by atoms with Crippen LogP contribution in [0, 0.1) is 0 Å². The molecule has 0 atom stereocenters. The van der Waals surface area contributed by atoms with Crippen molar-refractivity contribution in [2.75, 3.05) is 26.2 Å². The fourth-order valence-electron chi connectivity index (χ4n) is 1.41. The first-order chi connectivity index (χ1) is 5.74. The van der Waals surface area contributed by atoms with Crippen molar-refractivity contribution >= 4 is 6.41 Å². The molecule has 0 aromatic carbocycles. The summed E-state index contributed by atoms with van der Waals surface area (Å²) in [6, 6.07) is 0.604. The van der Waals surface area contributed by atoms with E-state index in [4.69, 9.17) is 0 Å². The van der Waals surface area contributed by atoms with E-state index in [0.717, 1.165) is 26.2 Å². The molecule has 4 nitrogen and oxygen atoms in total. The molecule has 0 unspecified atom stereocenters. The molecular weight excluding hydrogens is 154 g/mol. The predicted molar refractivity (Wildman–Crippen MR) is 47.1 cm³/mol.